The summed E-state index contributed by atoms with van der Waals surface area (Å²) in [4.78, 5) is 18.1. The number of hydrogen-bond acceptors (Lipinski definition) is 2. The molecular weight excluding hydrogens is 356 g/mol. The molecule has 1 aliphatic heterocycles. The van der Waals surface area contributed by atoms with E-state index in [1.165, 1.54) is 46.9 Å². The van der Waals surface area contributed by atoms with Crippen molar-refractivity contribution in [2.45, 2.75) is 57.9 Å². The molecule has 2 aromatic carbocycles. The molecule has 0 unspecified atom stereocenters. The van der Waals surface area contributed by atoms with E-state index in [2.05, 4.69) is 59.3 Å². The van der Waals surface area contributed by atoms with Crippen LogP contribution in [-0.4, -0.2) is 23.0 Å². The fraction of sp³-hybridized carbons (Fsp3) is 0.423. The van der Waals surface area contributed by atoms with Crippen molar-refractivity contribution in [3.63, 3.8) is 0 Å². The lowest BCUT2D eigenvalue weighted by atomic mass is 9.88. The summed E-state index contributed by atoms with van der Waals surface area (Å²) in [6.45, 7) is 5.47. The molecule has 0 atom stereocenters. The first-order valence-electron chi connectivity index (χ1n) is 11.1. The van der Waals surface area contributed by atoms with Crippen molar-refractivity contribution in [2.75, 3.05) is 13.1 Å². The minimum absolute atomic E-state index is 0.123. The maximum Gasteiger partial charge on any atom is 0.251 e. The SMILES string of the molecule is Cc1ccc(C2CCN(Cc3ccc4[nH]c(=O)c5c(c4c3)CCCC5)CC2)cc1. The van der Waals surface area contributed by atoms with Gasteiger partial charge in [0, 0.05) is 23.0 Å². The van der Waals surface area contributed by atoms with Crippen LogP contribution in [0, 0.1) is 6.92 Å². The van der Waals surface area contributed by atoms with E-state index < -0.39 is 0 Å². The molecule has 0 radical (unpaired) electrons. The average Bonchev–Trinajstić information content (AvgIpc) is 2.76. The molecule has 3 nitrogen and oxygen atoms in total. The van der Waals surface area contributed by atoms with Gasteiger partial charge in [-0.05, 0) is 93.3 Å². The highest BCUT2D eigenvalue weighted by Crippen LogP contribution is 2.30. The molecule has 29 heavy (non-hydrogen) atoms. The Morgan fingerprint density at radius 3 is 2.45 bits per heavy atom. The Morgan fingerprint density at radius 2 is 1.69 bits per heavy atom. The van der Waals surface area contributed by atoms with Crippen LogP contribution in [0.2, 0.25) is 0 Å². The van der Waals surface area contributed by atoms with Crippen molar-refractivity contribution < 1.29 is 0 Å². The summed E-state index contributed by atoms with van der Waals surface area (Å²) in [6, 6.07) is 15.7. The van der Waals surface area contributed by atoms with E-state index in [1.807, 2.05) is 0 Å². The number of rotatable bonds is 3. The molecule has 150 valence electrons. The summed E-state index contributed by atoms with van der Waals surface area (Å²) >= 11 is 0. The summed E-state index contributed by atoms with van der Waals surface area (Å²) in [5.74, 6) is 0.695. The lowest BCUT2D eigenvalue weighted by molar-refractivity contribution is 0.204. The molecule has 2 heterocycles. The van der Waals surface area contributed by atoms with E-state index in [-0.39, 0.29) is 5.56 Å². The number of aromatic nitrogens is 1. The van der Waals surface area contributed by atoms with Gasteiger partial charge >= 0.3 is 0 Å². The van der Waals surface area contributed by atoms with Crippen LogP contribution in [0.4, 0.5) is 0 Å². The molecule has 1 N–H and O–H groups in total. The molecular formula is C26H30N2O. The van der Waals surface area contributed by atoms with Gasteiger partial charge in [-0.3, -0.25) is 9.69 Å². The zero-order valence-corrected chi connectivity index (χ0v) is 17.3. The smallest absolute Gasteiger partial charge is 0.251 e. The highest BCUT2D eigenvalue weighted by molar-refractivity contribution is 5.84. The highest BCUT2D eigenvalue weighted by atomic mass is 16.1. The van der Waals surface area contributed by atoms with Crippen LogP contribution in [-0.2, 0) is 19.4 Å². The second-order valence-electron chi connectivity index (χ2n) is 8.96. The quantitative estimate of drug-likeness (QED) is 0.680. The van der Waals surface area contributed by atoms with Gasteiger partial charge in [0.2, 0.25) is 0 Å². The number of fused-ring (bicyclic) bond motifs is 3. The number of hydrogen-bond donors (Lipinski definition) is 1. The number of piperidine rings is 1. The Morgan fingerprint density at radius 1 is 0.966 bits per heavy atom. The van der Waals surface area contributed by atoms with Crippen LogP contribution in [0.15, 0.2) is 47.3 Å². The number of aryl methyl sites for hydroxylation is 2. The Kier molecular flexibility index (Phi) is 5.01. The Hall–Kier alpha value is -2.39. The molecule has 0 bridgehead atoms. The molecule has 0 amide bonds. The standard InChI is InChI=1S/C26H30N2O/c1-18-6-9-20(10-7-18)21-12-14-28(15-13-21)17-19-8-11-25-24(16-19)22-4-2-3-5-23(22)26(29)27-25/h6-11,16,21H,2-5,12-15,17H2,1H3,(H,27,29). The number of nitrogens with zero attached hydrogens (tertiary/aromatic N) is 1. The fourth-order valence-corrected chi connectivity index (χ4v) is 5.22. The Bertz CT molecular complexity index is 1070. The lowest BCUT2D eigenvalue weighted by Gasteiger charge is -2.32. The normalized spacial score (nSPS) is 18.1. The Labute approximate surface area is 172 Å². The zero-order valence-electron chi connectivity index (χ0n) is 17.3. The molecule has 3 aromatic rings. The molecule has 5 rings (SSSR count). The van der Waals surface area contributed by atoms with Crippen molar-refractivity contribution in [3.8, 4) is 0 Å². The highest BCUT2D eigenvalue weighted by Gasteiger charge is 2.21. The third kappa shape index (κ3) is 3.76. The number of pyridine rings is 1. The number of nitrogens with one attached hydrogen (secondary N) is 1. The second-order valence-corrected chi connectivity index (χ2v) is 8.96. The van der Waals surface area contributed by atoms with Crippen LogP contribution >= 0.6 is 0 Å². The fourth-order valence-electron chi connectivity index (χ4n) is 5.22. The van der Waals surface area contributed by atoms with E-state index >= 15 is 0 Å². The first-order chi connectivity index (χ1) is 14.2. The lowest BCUT2D eigenvalue weighted by Crippen LogP contribution is -2.32. The van der Waals surface area contributed by atoms with E-state index in [4.69, 9.17) is 0 Å². The predicted molar refractivity (Wildman–Crippen MR) is 120 cm³/mol. The van der Waals surface area contributed by atoms with Gasteiger partial charge in [-0.1, -0.05) is 35.9 Å². The summed E-state index contributed by atoms with van der Waals surface area (Å²) in [6.07, 6.45) is 6.77. The van der Waals surface area contributed by atoms with Crippen molar-refractivity contribution in [1.82, 2.24) is 9.88 Å². The van der Waals surface area contributed by atoms with Gasteiger partial charge in [-0.15, -0.1) is 0 Å². The molecule has 1 fully saturated rings. The Balaban J connectivity index is 1.31. The van der Waals surface area contributed by atoms with Crippen molar-refractivity contribution in [3.05, 3.63) is 80.6 Å². The third-order valence-corrected chi connectivity index (χ3v) is 6.94. The first kappa shape index (κ1) is 18.6. The maximum atomic E-state index is 12.4. The summed E-state index contributed by atoms with van der Waals surface area (Å²) < 4.78 is 0. The monoisotopic (exact) mass is 386 g/mol. The molecule has 1 saturated heterocycles. The molecule has 0 spiro atoms. The number of benzene rings is 2. The van der Waals surface area contributed by atoms with E-state index in [1.54, 1.807) is 0 Å². The summed E-state index contributed by atoms with van der Waals surface area (Å²) in [5, 5.41) is 1.27. The zero-order chi connectivity index (χ0) is 19.8. The van der Waals surface area contributed by atoms with Crippen molar-refractivity contribution >= 4 is 10.9 Å². The van der Waals surface area contributed by atoms with Gasteiger partial charge in [0.15, 0.2) is 0 Å². The van der Waals surface area contributed by atoms with E-state index in [0.29, 0.717) is 5.92 Å². The van der Waals surface area contributed by atoms with Crippen LogP contribution < -0.4 is 5.56 Å². The first-order valence-corrected chi connectivity index (χ1v) is 11.1. The number of aromatic amines is 1. The molecule has 3 heteroatoms. The molecule has 1 aromatic heterocycles. The van der Waals surface area contributed by atoms with Crippen LogP contribution in [0.5, 0.6) is 0 Å². The van der Waals surface area contributed by atoms with Crippen molar-refractivity contribution in [1.29, 1.82) is 0 Å². The number of likely N-dealkylation sites (tertiary alicyclic amines) is 1. The predicted octanol–water partition coefficient (Wildman–Crippen LogP) is 5.09. The maximum absolute atomic E-state index is 12.4. The summed E-state index contributed by atoms with van der Waals surface area (Å²) in [7, 11) is 0. The van der Waals surface area contributed by atoms with Crippen LogP contribution in [0.25, 0.3) is 10.9 Å². The average molecular weight is 387 g/mol. The van der Waals surface area contributed by atoms with Gasteiger partial charge in [-0.2, -0.15) is 0 Å². The minimum Gasteiger partial charge on any atom is -0.322 e. The van der Waals surface area contributed by atoms with Crippen molar-refractivity contribution in [2.24, 2.45) is 0 Å². The van der Waals surface area contributed by atoms with E-state index in [9.17, 15) is 4.79 Å². The molecule has 0 saturated carbocycles. The topological polar surface area (TPSA) is 36.1 Å². The summed E-state index contributed by atoms with van der Waals surface area (Å²) in [5.41, 5.74) is 7.65. The van der Waals surface area contributed by atoms with Gasteiger partial charge in [0.05, 0.1) is 0 Å². The van der Waals surface area contributed by atoms with Gasteiger partial charge in [-0.25, -0.2) is 0 Å². The van der Waals surface area contributed by atoms with Gasteiger partial charge in [0.25, 0.3) is 5.56 Å². The van der Waals surface area contributed by atoms with Crippen LogP contribution in [0.3, 0.4) is 0 Å². The molecule has 2 aliphatic rings. The van der Waals surface area contributed by atoms with Crippen LogP contribution in [0.1, 0.15) is 59.4 Å². The minimum atomic E-state index is 0.123. The van der Waals surface area contributed by atoms with Gasteiger partial charge in [0.1, 0.15) is 0 Å². The molecule has 1 aliphatic carbocycles. The van der Waals surface area contributed by atoms with E-state index in [0.717, 1.165) is 50.0 Å². The third-order valence-electron chi connectivity index (χ3n) is 6.94. The second kappa shape index (κ2) is 7.79. The number of H-pyrrole nitrogens is 1. The van der Waals surface area contributed by atoms with Gasteiger partial charge < -0.3 is 4.98 Å². The largest absolute Gasteiger partial charge is 0.322 e.